The zero-order chi connectivity index (χ0) is 16.6. The molecule has 2 aromatic rings. The van der Waals surface area contributed by atoms with E-state index in [0.717, 1.165) is 44.0 Å². The fourth-order valence-corrected chi connectivity index (χ4v) is 2.79. The molecule has 5 heteroatoms. The second kappa shape index (κ2) is 8.64. The van der Waals surface area contributed by atoms with Crippen molar-refractivity contribution < 1.29 is 18.8 Å². The molecule has 128 valence electrons. The first-order valence-electron chi connectivity index (χ1n) is 8.55. The number of ketones is 1. The largest absolute Gasteiger partial charge is 0.494 e. The van der Waals surface area contributed by atoms with E-state index in [-0.39, 0.29) is 5.78 Å². The summed E-state index contributed by atoms with van der Waals surface area (Å²) in [5.74, 6) is 2.16. The fourth-order valence-electron chi connectivity index (χ4n) is 2.79. The SMILES string of the molecule is O=C(CCC1CCOC1)c1cc(CCCOc2ccccc2)on1. The van der Waals surface area contributed by atoms with Gasteiger partial charge in [-0.05, 0) is 37.3 Å². The zero-order valence-electron chi connectivity index (χ0n) is 13.8. The van der Waals surface area contributed by atoms with E-state index in [9.17, 15) is 4.79 Å². The van der Waals surface area contributed by atoms with E-state index in [1.165, 1.54) is 0 Å². The van der Waals surface area contributed by atoms with Crippen molar-refractivity contribution in [2.75, 3.05) is 19.8 Å². The van der Waals surface area contributed by atoms with Gasteiger partial charge in [0.05, 0.1) is 6.61 Å². The minimum absolute atomic E-state index is 0.0532. The van der Waals surface area contributed by atoms with Crippen molar-refractivity contribution in [2.45, 2.75) is 32.1 Å². The van der Waals surface area contributed by atoms with Gasteiger partial charge < -0.3 is 14.0 Å². The summed E-state index contributed by atoms with van der Waals surface area (Å²) in [4.78, 5) is 12.1. The van der Waals surface area contributed by atoms with Crippen LogP contribution in [0.2, 0.25) is 0 Å². The molecule has 0 amide bonds. The summed E-state index contributed by atoms with van der Waals surface area (Å²) in [6.07, 6.45) is 3.96. The number of Topliss-reactive ketones (excluding diaryl/α,β-unsaturated/α-hetero) is 1. The Hall–Kier alpha value is -2.14. The van der Waals surface area contributed by atoms with Gasteiger partial charge in [0.1, 0.15) is 17.2 Å². The maximum Gasteiger partial charge on any atom is 0.184 e. The molecular weight excluding hydrogens is 306 g/mol. The minimum Gasteiger partial charge on any atom is -0.494 e. The van der Waals surface area contributed by atoms with Crippen LogP contribution >= 0.6 is 0 Å². The number of aromatic nitrogens is 1. The Morgan fingerprint density at radius 3 is 2.96 bits per heavy atom. The van der Waals surface area contributed by atoms with E-state index in [2.05, 4.69) is 5.16 Å². The highest BCUT2D eigenvalue weighted by Crippen LogP contribution is 2.19. The lowest BCUT2D eigenvalue weighted by Crippen LogP contribution is -2.05. The summed E-state index contributed by atoms with van der Waals surface area (Å²) in [7, 11) is 0. The fraction of sp³-hybridized carbons (Fsp3) is 0.474. The molecule has 0 N–H and O–H groups in total. The van der Waals surface area contributed by atoms with Crippen LogP contribution in [0.25, 0.3) is 0 Å². The molecule has 3 rings (SSSR count). The first-order chi connectivity index (χ1) is 11.8. The van der Waals surface area contributed by atoms with Gasteiger partial charge in [0.25, 0.3) is 0 Å². The highest BCUT2D eigenvalue weighted by atomic mass is 16.5. The lowest BCUT2D eigenvalue weighted by atomic mass is 10.00. The van der Waals surface area contributed by atoms with Gasteiger partial charge in [-0.3, -0.25) is 4.79 Å². The van der Waals surface area contributed by atoms with Crippen molar-refractivity contribution in [1.82, 2.24) is 5.16 Å². The highest BCUT2D eigenvalue weighted by Gasteiger charge is 2.19. The maximum absolute atomic E-state index is 12.1. The third-order valence-electron chi connectivity index (χ3n) is 4.23. The van der Waals surface area contributed by atoms with E-state index in [0.29, 0.717) is 31.1 Å². The van der Waals surface area contributed by atoms with Crippen molar-refractivity contribution in [1.29, 1.82) is 0 Å². The van der Waals surface area contributed by atoms with E-state index in [1.807, 2.05) is 30.3 Å². The van der Waals surface area contributed by atoms with Gasteiger partial charge in [-0.15, -0.1) is 0 Å². The summed E-state index contributed by atoms with van der Waals surface area (Å²) >= 11 is 0. The second-order valence-electron chi connectivity index (χ2n) is 6.13. The predicted molar refractivity (Wildman–Crippen MR) is 89.3 cm³/mol. The number of rotatable bonds is 9. The molecule has 1 unspecified atom stereocenters. The van der Waals surface area contributed by atoms with Gasteiger partial charge in [-0.1, -0.05) is 23.4 Å². The number of para-hydroxylation sites is 1. The van der Waals surface area contributed by atoms with E-state index < -0.39 is 0 Å². The molecule has 2 heterocycles. The Bertz CT molecular complexity index is 632. The quantitative estimate of drug-likeness (QED) is 0.519. The number of hydrogen-bond acceptors (Lipinski definition) is 5. The number of hydrogen-bond donors (Lipinski definition) is 0. The third-order valence-corrected chi connectivity index (χ3v) is 4.23. The van der Waals surface area contributed by atoms with Crippen LogP contribution in [0.4, 0.5) is 0 Å². The van der Waals surface area contributed by atoms with E-state index in [1.54, 1.807) is 6.07 Å². The molecule has 24 heavy (non-hydrogen) atoms. The number of aryl methyl sites for hydroxylation is 1. The number of benzene rings is 1. The summed E-state index contributed by atoms with van der Waals surface area (Å²) in [5, 5.41) is 3.90. The van der Waals surface area contributed by atoms with Crippen LogP contribution in [0, 0.1) is 5.92 Å². The Balaban J connectivity index is 1.37. The van der Waals surface area contributed by atoms with Crippen molar-refractivity contribution in [3.63, 3.8) is 0 Å². The molecule has 1 atom stereocenters. The average molecular weight is 329 g/mol. The first kappa shape index (κ1) is 16.7. The van der Waals surface area contributed by atoms with Gasteiger partial charge >= 0.3 is 0 Å². The van der Waals surface area contributed by atoms with Crippen molar-refractivity contribution >= 4 is 5.78 Å². The topological polar surface area (TPSA) is 61.6 Å². The molecule has 1 aliphatic heterocycles. The third kappa shape index (κ3) is 4.93. The molecule has 5 nitrogen and oxygen atoms in total. The van der Waals surface area contributed by atoms with Crippen LogP contribution in [0.5, 0.6) is 5.75 Å². The van der Waals surface area contributed by atoms with Crippen LogP contribution in [-0.4, -0.2) is 30.8 Å². The summed E-state index contributed by atoms with van der Waals surface area (Å²) < 4.78 is 16.2. The Morgan fingerprint density at radius 1 is 1.29 bits per heavy atom. The van der Waals surface area contributed by atoms with Crippen molar-refractivity contribution in [3.05, 3.63) is 47.9 Å². The van der Waals surface area contributed by atoms with Gasteiger partial charge in [0.2, 0.25) is 0 Å². The lowest BCUT2D eigenvalue weighted by Gasteiger charge is -2.04. The summed E-state index contributed by atoms with van der Waals surface area (Å²) in [6, 6.07) is 11.5. The van der Waals surface area contributed by atoms with E-state index in [4.69, 9.17) is 14.0 Å². The number of carbonyl (C=O) groups is 1. The Kier molecular flexibility index (Phi) is 6.01. The summed E-state index contributed by atoms with van der Waals surface area (Å²) in [5.41, 5.74) is 0.438. The molecule has 1 saturated heterocycles. The molecule has 0 spiro atoms. The average Bonchev–Trinajstić information content (AvgIpc) is 3.29. The Morgan fingerprint density at radius 2 is 2.17 bits per heavy atom. The normalized spacial score (nSPS) is 17.1. The maximum atomic E-state index is 12.1. The van der Waals surface area contributed by atoms with Crippen molar-refractivity contribution in [3.8, 4) is 5.75 Å². The van der Waals surface area contributed by atoms with Gasteiger partial charge in [0, 0.05) is 32.1 Å². The molecule has 1 aromatic heterocycles. The molecule has 0 aliphatic carbocycles. The Labute approximate surface area is 141 Å². The van der Waals surface area contributed by atoms with Crippen molar-refractivity contribution in [2.24, 2.45) is 5.92 Å². The number of nitrogens with zero attached hydrogens (tertiary/aromatic N) is 1. The first-order valence-corrected chi connectivity index (χ1v) is 8.55. The second-order valence-corrected chi connectivity index (χ2v) is 6.13. The minimum atomic E-state index is 0.0532. The lowest BCUT2D eigenvalue weighted by molar-refractivity contribution is 0.0962. The van der Waals surface area contributed by atoms with Gasteiger partial charge in [-0.2, -0.15) is 0 Å². The van der Waals surface area contributed by atoms with Crippen LogP contribution in [-0.2, 0) is 11.2 Å². The van der Waals surface area contributed by atoms with Crippen LogP contribution in [0.15, 0.2) is 40.9 Å². The molecule has 1 fully saturated rings. The molecule has 1 aliphatic rings. The number of ether oxygens (including phenoxy) is 2. The van der Waals surface area contributed by atoms with Crippen LogP contribution in [0.1, 0.15) is 41.9 Å². The number of carbonyl (C=O) groups excluding carboxylic acids is 1. The zero-order valence-corrected chi connectivity index (χ0v) is 13.8. The molecule has 0 radical (unpaired) electrons. The molecule has 1 aromatic carbocycles. The van der Waals surface area contributed by atoms with Crippen LogP contribution < -0.4 is 4.74 Å². The molecule has 0 saturated carbocycles. The van der Waals surface area contributed by atoms with Gasteiger partial charge in [-0.25, -0.2) is 0 Å². The monoisotopic (exact) mass is 329 g/mol. The van der Waals surface area contributed by atoms with Gasteiger partial charge in [0.15, 0.2) is 5.78 Å². The molecular formula is C19H23NO4. The van der Waals surface area contributed by atoms with Crippen LogP contribution in [0.3, 0.4) is 0 Å². The highest BCUT2D eigenvalue weighted by molar-refractivity contribution is 5.94. The smallest absolute Gasteiger partial charge is 0.184 e. The predicted octanol–water partition coefficient (Wildman–Crippen LogP) is 3.69. The molecule has 0 bridgehead atoms. The standard InChI is InChI=1S/C19H23NO4/c21-19(9-8-15-10-12-22-14-15)18-13-17(24-20-18)7-4-11-23-16-5-2-1-3-6-16/h1-3,5-6,13,15H,4,7-12,14H2. The summed E-state index contributed by atoms with van der Waals surface area (Å²) in [6.45, 7) is 2.20. The van der Waals surface area contributed by atoms with E-state index >= 15 is 0 Å².